The largest absolute Gasteiger partial charge is 0.409 e. The van der Waals surface area contributed by atoms with E-state index in [0.717, 1.165) is 51.4 Å². The van der Waals surface area contributed by atoms with Crippen LogP contribution in [0.15, 0.2) is 45.1 Å². The first-order valence-corrected chi connectivity index (χ1v) is 22.1. The van der Waals surface area contributed by atoms with Crippen molar-refractivity contribution in [1.82, 2.24) is 0 Å². The Morgan fingerprint density at radius 3 is 0.812 bits per heavy atom. The van der Waals surface area contributed by atoms with Crippen LogP contribution >= 0.6 is 0 Å². The van der Waals surface area contributed by atoms with Gasteiger partial charge in [0.05, 0.1) is 0 Å². The predicted octanol–water partition coefficient (Wildman–Crippen LogP) is 6.95. The molecule has 8 heteroatoms. The summed E-state index contributed by atoms with van der Waals surface area (Å²) in [4.78, 5) is 0. The van der Waals surface area contributed by atoms with Crippen LogP contribution in [0.4, 0.5) is 0 Å². The van der Waals surface area contributed by atoms with Crippen molar-refractivity contribution in [2.75, 3.05) is 0 Å². The van der Waals surface area contributed by atoms with Crippen molar-refractivity contribution in [3.05, 3.63) is 45.1 Å². The van der Waals surface area contributed by atoms with E-state index in [9.17, 15) is 0 Å². The van der Waals surface area contributed by atoms with E-state index in [2.05, 4.69) is 50.5 Å². The van der Waals surface area contributed by atoms with Gasteiger partial charge in [-0.15, -0.1) is 0 Å². The SMILES string of the molecule is C[Si]1(C2=CCCC2)O[Si](C)(C2=CCCC2)O[Si](C)(C2=CCCC2)O[Si](C)(C2=CCCC2)O1. The van der Waals surface area contributed by atoms with Gasteiger partial charge in [0.25, 0.3) is 0 Å². The highest BCUT2D eigenvalue weighted by Gasteiger charge is 2.61. The summed E-state index contributed by atoms with van der Waals surface area (Å²) in [7, 11) is -10.6. The topological polar surface area (TPSA) is 36.9 Å². The second kappa shape index (κ2) is 8.71. The van der Waals surface area contributed by atoms with Gasteiger partial charge in [0, 0.05) is 0 Å². The van der Waals surface area contributed by atoms with Crippen LogP contribution in [-0.4, -0.2) is 34.2 Å². The molecule has 5 rings (SSSR count). The Bertz CT molecular complexity index is 738. The number of hydrogen-bond acceptors (Lipinski definition) is 4. The summed E-state index contributed by atoms with van der Waals surface area (Å²) < 4.78 is 29.5. The molecule has 32 heavy (non-hydrogen) atoms. The summed E-state index contributed by atoms with van der Waals surface area (Å²) in [5.74, 6) is 0. The summed E-state index contributed by atoms with van der Waals surface area (Å²) in [6.07, 6.45) is 23.5. The number of allylic oxidation sites excluding steroid dienone is 8. The molecule has 1 heterocycles. The highest BCUT2D eigenvalue weighted by Crippen LogP contribution is 2.46. The fourth-order valence-electron chi connectivity index (χ4n) is 6.43. The van der Waals surface area contributed by atoms with Crippen LogP contribution in [0.2, 0.25) is 26.2 Å². The van der Waals surface area contributed by atoms with Crippen LogP contribution < -0.4 is 0 Å². The first-order chi connectivity index (χ1) is 15.2. The Morgan fingerprint density at radius 1 is 0.438 bits per heavy atom. The molecule has 176 valence electrons. The van der Waals surface area contributed by atoms with Crippen molar-refractivity contribution in [3.63, 3.8) is 0 Å². The van der Waals surface area contributed by atoms with Crippen LogP contribution in [0.3, 0.4) is 0 Å². The zero-order chi connectivity index (χ0) is 22.5. The van der Waals surface area contributed by atoms with Crippen LogP contribution in [-0.2, 0) is 16.5 Å². The Morgan fingerprint density at radius 2 is 0.656 bits per heavy atom. The molecule has 0 aromatic rings. The molecule has 0 spiro atoms. The van der Waals surface area contributed by atoms with Crippen molar-refractivity contribution in [1.29, 1.82) is 0 Å². The molecule has 0 aromatic heterocycles. The Hall–Kier alpha value is -0.332. The highest BCUT2D eigenvalue weighted by atomic mass is 28.5. The maximum atomic E-state index is 7.38. The maximum Gasteiger partial charge on any atom is 0.347 e. The lowest BCUT2D eigenvalue weighted by molar-refractivity contribution is 0.240. The molecule has 1 aliphatic heterocycles. The molecule has 0 unspecified atom stereocenters. The van der Waals surface area contributed by atoms with Crippen molar-refractivity contribution in [2.24, 2.45) is 0 Å². The third-order valence-corrected chi connectivity index (χ3v) is 27.0. The molecule has 1 fully saturated rings. The molecule has 0 aromatic carbocycles. The monoisotopic (exact) mass is 504 g/mol. The molecule has 4 nitrogen and oxygen atoms in total. The van der Waals surface area contributed by atoms with Gasteiger partial charge in [0.1, 0.15) is 0 Å². The van der Waals surface area contributed by atoms with E-state index in [0.29, 0.717) is 0 Å². The van der Waals surface area contributed by atoms with Gasteiger partial charge in [-0.05, 0) is 124 Å². The second-order valence-corrected chi connectivity index (χ2v) is 24.1. The molecule has 5 aliphatic rings. The van der Waals surface area contributed by atoms with Crippen molar-refractivity contribution in [3.8, 4) is 0 Å². The molecule has 0 radical (unpaired) electrons. The van der Waals surface area contributed by atoms with E-state index in [-0.39, 0.29) is 0 Å². The van der Waals surface area contributed by atoms with Gasteiger partial charge in [-0.3, -0.25) is 0 Å². The minimum Gasteiger partial charge on any atom is -0.409 e. The quantitative estimate of drug-likeness (QED) is 0.388. The van der Waals surface area contributed by atoms with E-state index in [1.165, 1.54) is 46.5 Å². The van der Waals surface area contributed by atoms with Gasteiger partial charge in [-0.25, -0.2) is 0 Å². The minimum absolute atomic E-state index is 1.11. The average molecular weight is 505 g/mol. The van der Waals surface area contributed by atoms with Gasteiger partial charge in [0.2, 0.25) is 0 Å². The molecule has 4 aliphatic carbocycles. The second-order valence-electron chi connectivity index (χ2n) is 10.7. The molecular formula is C24H40O4Si4. The van der Waals surface area contributed by atoms with E-state index in [4.69, 9.17) is 16.5 Å². The summed E-state index contributed by atoms with van der Waals surface area (Å²) in [6, 6.07) is 0. The van der Waals surface area contributed by atoms with Crippen molar-refractivity contribution >= 4 is 34.2 Å². The van der Waals surface area contributed by atoms with Crippen LogP contribution in [0, 0.1) is 0 Å². The Labute approximate surface area is 198 Å². The maximum absolute atomic E-state index is 7.38. The fourth-order valence-corrected chi connectivity index (χ4v) is 29.3. The molecular weight excluding hydrogens is 465 g/mol. The van der Waals surface area contributed by atoms with Gasteiger partial charge >= 0.3 is 34.2 Å². The molecule has 0 atom stereocenters. The zero-order valence-corrected chi connectivity index (χ0v) is 24.4. The van der Waals surface area contributed by atoms with E-state index < -0.39 is 34.2 Å². The first-order valence-electron chi connectivity index (χ1n) is 12.8. The summed E-state index contributed by atoms with van der Waals surface area (Å²) in [6.45, 7) is 9.21. The molecule has 0 N–H and O–H groups in total. The normalized spacial score (nSPS) is 42.9. The minimum atomic E-state index is -2.64. The van der Waals surface area contributed by atoms with Crippen LogP contribution in [0.25, 0.3) is 0 Å². The Kier molecular flexibility index (Phi) is 6.37. The first kappa shape index (κ1) is 23.4. The highest BCUT2D eigenvalue weighted by molar-refractivity contribution is 7.00. The number of hydrogen-bond donors (Lipinski definition) is 0. The van der Waals surface area contributed by atoms with Gasteiger partial charge in [-0.1, -0.05) is 24.3 Å². The summed E-state index contributed by atoms with van der Waals surface area (Å²) in [5, 5.41) is 5.74. The van der Waals surface area contributed by atoms with E-state index in [1.807, 2.05) is 0 Å². The van der Waals surface area contributed by atoms with Crippen molar-refractivity contribution in [2.45, 2.75) is 103 Å². The third-order valence-electron chi connectivity index (χ3n) is 8.06. The standard InChI is InChI=1S/C24H40O4Si4/c1-29(21-13-5-6-14-21)25-30(2,22-15-7-8-16-22)27-32(4,24-19-11-12-20-24)28-31(3,26-29)23-17-9-10-18-23/h13,15,17,19H,5-12,14,16,18,20H2,1-4H3. The molecule has 0 bridgehead atoms. The molecule has 1 saturated heterocycles. The Balaban J connectivity index is 1.62. The lowest BCUT2D eigenvalue weighted by atomic mass is 10.4. The molecule has 0 saturated carbocycles. The number of rotatable bonds is 4. The lowest BCUT2D eigenvalue weighted by Gasteiger charge is -2.51. The zero-order valence-electron chi connectivity index (χ0n) is 20.4. The molecule has 0 amide bonds. The van der Waals surface area contributed by atoms with Gasteiger partial charge < -0.3 is 16.5 Å². The average Bonchev–Trinajstić information content (AvgIpc) is 3.55. The third kappa shape index (κ3) is 4.26. The predicted molar refractivity (Wildman–Crippen MR) is 139 cm³/mol. The van der Waals surface area contributed by atoms with E-state index in [1.54, 1.807) is 0 Å². The lowest BCUT2D eigenvalue weighted by Crippen LogP contribution is -2.69. The van der Waals surface area contributed by atoms with Crippen molar-refractivity contribution < 1.29 is 16.5 Å². The summed E-state index contributed by atoms with van der Waals surface area (Å²) >= 11 is 0. The van der Waals surface area contributed by atoms with Crippen LogP contribution in [0.5, 0.6) is 0 Å². The smallest absolute Gasteiger partial charge is 0.347 e. The van der Waals surface area contributed by atoms with Crippen LogP contribution in [0.1, 0.15) is 77.0 Å². The van der Waals surface area contributed by atoms with Gasteiger partial charge in [0.15, 0.2) is 0 Å². The summed E-state index contributed by atoms with van der Waals surface area (Å²) in [5.41, 5.74) is 0. The van der Waals surface area contributed by atoms with E-state index >= 15 is 0 Å². The van der Waals surface area contributed by atoms with Gasteiger partial charge in [-0.2, -0.15) is 0 Å². The fraction of sp³-hybridized carbons (Fsp3) is 0.667.